The minimum Gasteiger partial charge on any atom is -0.457 e. The van der Waals surface area contributed by atoms with Gasteiger partial charge in [0, 0.05) is 24.7 Å². The lowest BCUT2D eigenvalue weighted by Gasteiger charge is -2.34. The summed E-state index contributed by atoms with van der Waals surface area (Å²) in [7, 11) is 0. The smallest absolute Gasteiger partial charge is 0.258 e. The number of piperidine rings is 1. The van der Waals surface area contributed by atoms with Gasteiger partial charge in [-0.05, 0) is 62.6 Å². The standard InChI is InChI=1S/C26H27N5O4/c1-16-7-5-6-14-31(16)26-29-23-22(25(34)30-26)20(15-21(32)28-23)24(33)27-17-10-12-19(13-11-17)35-18-8-3-2-4-9-18/h2-4,8-13,16,20H,5-7,14-15H2,1H3,(H,27,33)(H2,28,29,30,32,34)/t16-,20-/m1/s1. The van der Waals surface area contributed by atoms with Crippen LogP contribution in [0.5, 0.6) is 11.5 Å². The largest absolute Gasteiger partial charge is 0.457 e. The molecule has 9 nitrogen and oxygen atoms in total. The van der Waals surface area contributed by atoms with E-state index < -0.39 is 17.4 Å². The van der Waals surface area contributed by atoms with E-state index in [9.17, 15) is 14.4 Å². The summed E-state index contributed by atoms with van der Waals surface area (Å²) < 4.78 is 5.78. The van der Waals surface area contributed by atoms with Crippen molar-refractivity contribution in [3.63, 3.8) is 0 Å². The molecule has 3 N–H and O–H groups in total. The summed E-state index contributed by atoms with van der Waals surface area (Å²) in [5, 5.41) is 5.49. The molecular formula is C26H27N5O4. The fourth-order valence-electron chi connectivity index (χ4n) is 4.59. The lowest BCUT2D eigenvalue weighted by atomic mass is 9.92. The van der Waals surface area contributed by atoms with Crippen molar-refractivity contribution in [2.75, 3.05) is 22.1 Å². The molecule has 180 valence electrons. The number of nitrogens with zero attached hydrogens (tertiary/aromatic N) is 2. The number of aromatic nitrogens is 2. The van der Waals surface area contributed by atoms with Crippen molar-refractivity contribution in [2.24, 2.45) is 0 Å². The van der Waals surface area contributed by atoms with Gasteiger partial charge < -0.3 is 20.3 Å². The summed E-state index contributed by atoms with van der Waals surface area (Å²) in [5.74, 6) is 0.184. The van der Waals surface area contributed by atoms with Crippen LogP contribution in [-0.2, 0) is 9.59 Å². The Morgan fingerprint density at radius 3 is 2.54 bits per heavy atom. The van der Waals surface area contributed by atoms with Gasteiger partial charge in [0.1, 0.15) is 17.3 Å². The molecule has 2 aromatic carbocycles. The number of para-hydroxylation sites is 1. The molecule has 2 aliphatic rings. The molecule has 0 unspecified atom stereocenters. The maximum Gasteiger partial charge on any atom is 0.258 e. The quantitative estimate of drug-likeness (QED) is 0.516. The fraction of sp³-hybridized carbons (Fsp3) is 0.308. The first kappa shape index (κ1) is 22.6. The van der Waals surface area contributed by atoms with E-state index in [0.717, 1.165) is 25.8 Å². The second kappa shape index (κ2) is 9.61. The van der Waals surface area contributed by atoms with Crippen LogP contribution in [0, 0.1) is 0 Å². The van der Waals surface area contributed by atoms with E-state index in [-0.39, 0.29) is 29.8 Å². The maximum absolute atomic E-state index is 13.1. The van der Waals surface area contributed by atoms with Gasteiger partial charge in [-0.25, -0.2) is 0 Å². The molecule has 1 fully saturated rings. The first-order chi connectivity index (χ1) is 17.0. The van der Waals surface area contributed by atoms with Crippen molar-refractivity contribution < 1.29 is 14.3 Å². The number of ether oxygens (including phenoxy) is 1. The van der Waals surface area contributed by atoms with Gasteiger partial charge >= 0.3 is 0 Å². The number of hydrogen-bond acceptors (Lipinski definition) is 6. The average molecular weight is 474 g/mol. The van der Waals surface area contributed by atoms with Gasteiger partial charge in [-0.3, -0.25) is 19.4 Å². The molecule has 2 aliphatic heterocycles. The van der Waals surface area contributed by atoms with E-state index in [2.05, 4.69) is 27.5 Å². The van der Waals surface area contributed by atoms with Gasteiger partial charge in [-0.15, -0.1) is 0 Å². The molecule has 0 radical (unpaired) electrons. The number of carbonyl (C=O) groups is 2. The number of amides is 2. The van der Waals surface area contributed by atoms with Crippen LogP contribution in [0.3, 0.4) is 0 Å². The molecule has 2 amide bonds. The monoisotopic (exact) mass is 473 g/mol. The zero-order valence-corrected chi connectivity index (χ0v) is 19.4. The summed E-state index contributed by atoms with van der Waals surface area (Å²) in [6.07, 6.45) is 3.02. The number of H-pyrrole nitrogens is 1. The third kappa shape index (κ3) is 4.89. The Morgan fingerprint density at radius 1 is 1.06 bits per heavy atom. The molecule has 1 aromatic heterocycles. The summed E-state index contributed by atoms with van der Waals surface area (Å²) in [5.41, 5.74) is 0.306. The van der Waals surface area contributed by atoms with Gasteiger partial charge in [-0.2, -0.15) is 4.98 Å². The normalized spacial score (nSPS) is 19.5. The summed E-state index contributed by atoms with van der Waals surface area (Å²) in [6.45, 7) is 2.87. The Kier molecular flexibility index (Phi) is 6.22. The number of rotatable bonds is 5. The topological polar surface area (TPSA) is 116 Å². The Labute approximate surface area is 202 Å². The van der Waals surface area contributed by atoms with Crippen molar-refractivity contribution >= 4 is 29.3 Å². The van der Waals surface area contributed by atoms with Crippen molar-refractivity contribution in [1.29, 1.82) is 0 Å². The molecule has 0 aliphatic carbocycles. The summed E-state index contributed by atoms with van der Waals surface area (Å²) >= 11 is 0. The number of anilines is 3. The number of fused-ring (bicyclic) bond motifs is 1. The number of aromatic amines is 1. The third-order valence-corrected chi connectivity index (χ3v) is 6.43. The van der Waals surface area contributed by atoms with Crippen molar-refractivity contribution in [3.05, 3.63) is 70.5 Å². The second-order valence-corrected chi connectivity index (χ2v) is 8.92. The Bertz CT molecular complexity index is 1290. The number of nitrogens with one attached hydrogen (secondary N) is 3. The molecule has 5 rings (SSSR count). The van der Waals surface area contributed by atoms with E-state index >= 15 is 0 Å². The lowest BCUT2D eigenvalue weighted by molar-refractivity contribution is -0.123. The Morgan fingerprint density at radius 2 is 1.80 bits per heavy atom. The molecule has 3 aromatic rings. The molecule has 35 heavy (non-hydrogen) atoms. The zero-order chi connectivity index (χ0) is 24.4. The maximum atomic E-state index is 13.1. The van der Waals surface area contributed by atoms with Crippen molar-refractivity contribution in [3.8, 4) is 11.5 Å². The predicted octanol–water partition coefficient (Wildman–Crippen LogP) is 4.01. The zero-order valence-electron chi connectivity index (χ0n) is 19.4. The van der Waals surface area contributed by atoms with Crippen LogP contribution in [0.1, 0.15) is 44.1 Å². The van der Waals surface area contributed by atoms with Gasteiger partial charge in [-0.1, -0.05) is 18.2 Å². The lowest BCUT2D eigenvalue weighted by Crippen LogP contribution is -2.41. The highest BCUT2D eigenvalue weighted by atomic mass is 16.5. The van der Waals surface area contributed by atoms with Crippen LogP contribution < -0.4 is 25.8 Å². The summed E-state index contributed by atoms with van der Waals surface area (Å²) in [6, 6.07) is 16.5. The predicted molar refractivity (Wildman–Crippen MR) is 133 cm³/mol. The van der Waals surface area contributed by atoms with E-state index in [1.165, 1.54) is 0 Å². The highest BCUT2D eigenvalue weighted by molar-refractivity contribution is 6.04. The van der Waals surface area contributed by atoms with E-state index in [0.29, 0.717) is 23.1 Å². The molecule has 3 heterocycles. The molecule has 1 saturated heterocycles. The van der Waals surface area contributed by atoms with Crippen LogP contribution in [0.2, 0.25) is 0 Å². The van der Waals surface area contributed by atoms with Crippen LogP contribution in [0.4, 0.5) is 17.5 Å². The SMILES string of the molecule is C[C@@H]1CCCCN1c1nc2c(c(=O)[nH]1)[C@H](C(=O)Nc1ccc(Oc3ccccc3)cc1)CC(=O)N2. The van der Waals surface area contributed by atoms with Gasteiger partial charge in [0.25, 0.3) is 5.56 Å². The van der Waals surface area contributed by atoms with E-state index in [4.69, 9.17) is 4.74 Å². The number of benzene rings is 2. The average Bonchev–Trinajstić information content (AvgIpc) is 2.85. The number of carbonyl (C=O) groups excluding carboxylic acids is 2. The Balaban J connectivity index is 1.34. The highest BCUT2D eigenvalue weighted by Crippen LogP contribution is 2.32. The van der Waals surface area contributed by atoms with Crippen LogP contribution >= 0.6 is 0 Å². The molecule has 2 atom stereocenters. The first-order valence-electron chi connectivity index (χ1n) is 11.8. The van der Waals surface area contributed by atoms with E-state index in [1.807, 2.05) is 35.2 Å². The second-order valence-electron chi connectivity index (χ2n) is 8.92. The molecule has 0 saturated carbocycles. The van der Waals surface area contributed by atoms with Crippen molar-refractivity contribution in [2.45, 2.75) is 44.6 Å². The molecule has 0 spiro atoms. The van der Waals surface area contributed by atoms with Crippen molar-refractivity contribution in [1.82, 2.24) is 9.97 Å². The van der Waals surface area contributed by atoms with Gasteiger partial charge in [0.05, 0.1) is 11.5 Å². The first-order valence-corrected chi connectivity index (χ1v) is 11.8. The minimum absolute atomic E-state index is 0.127. The number of hydrogen-bond donors (Lipinski definition) is 3. The van der Waals surface area contributed by atoms with Gasteiger partial charge in [0.2, 0.25) is 17.8 Å². The van der Waals surface area contributed by atoms with E-state index in [1.54, 1.807) is 24.3 Å². The van der Waals surface area contributed by atoms with Crippen LogP contribution in [-0.4, -0.2) is 34.4 Å². The fourth-order valence-corrected chi connectivity index (χ4v) is 4.59. The Hall–Kier alpha value is -4.14. The van der Waals surface area contributed by atoms with Gasteiger partial charge in [0.15, 0.2) is 0 Å². The third-order valence-electron chi connectivity index (χ3n) is 6.43. The van der Waals surface area contributed by atoms with Crippen LogP contribution in [0.15, 0.2) is 59.4 Å². The summed E-state index contributed by atoms with van der Waals surface area (Å²) in [4.78, 5) is 48.0. The van der Waals surface area contributed by atoms with Crippen LogP contribution in [0.25, 0.3) is 0 Å². The highest BCUT2D eigenvalue weighted by Gasteiger charge is 2.35. The molecular weight excluding hydrogens is 446 g/mol. The molecule has 0 bridgehead atoms. The molecule has 9 heteroatoms. The minimum atomic E-state index is -0.942.